The molecule has 20 heavy (non-hydrogen) atoms. The van der Waals surface area contributed by atoms with Crippen molar-refractivity contribution in [3.8, 4) is 0 Å². The van der Waals surface area contributed by atoms with Gasteiger partial charge in [-0.2, -0.15) is 13.2 Å². The van der Waals surface area contributed by atoms with E-state index in [1.165, 1.54) is 6.07 Å². The minimum atomic E-state index is -4.68. The quantitative estimate of drug-likeness (QED) is 0.783. The van der Waals surface area contributed by atoms with Gasteiger partial charge in [0.2, 0.25) is 0 Å². The van der Waals surface area contributed by atoms with Crippen LogP contribution in [0.4, 0.5) is 19.0 Å². The molecule has 2 aliphatic rings. The number of hydrogen-bond acceptors (Lipinski definition) is 4. The molecule has 0 radical (unpaired) electrons. The second-order valence-electron chi connectivity index (χ2n) is 5.22. The molecular formula is C13H13F3N2O2. The van der Waals surface area contributed by atoms with Gasteiger partial charge in [-0.15, -0.1) is 0 Å². The molecule has 2 atom stereocenters. The number of alkyl halides is 3. The number of anilines is 1. The first-order chi connectivity index (χ1) is 9.40. The molecule has 1 aliphatic carbocycles. The van der Waals surface area contributed by atoms with Gasteiger partial charge in [0.1, 0.15) is 5.82 Å². The average molecular weight is 286 g/mol. The Morgan fingerprint density at radius 3 is 2.55 bits per heavy atom. The van der Waals surface area contributed by atoms with Crippen LogP contribution in [0.15, 0.2) is 12.1 Å². The van der Waals surface area contributed by atoms with Crippen LogP contribution in [-0.4, -0.2) is 31.2 Å². The number of pyridine rings is 1. The molecule has 108 valence electrons. The van der Waals surface area contributed by atoms with Crippen LogP contribution in [0.2, 0.25) is 0 Å². The molecule has 2 unspecified atom stereocenters. The van der Waals surface area contributed by atoms with Crippen molar-refractivity contribution in [2.45, 2.75) is 12.6 Å². The molecule has 7 heteroatoms. The summed E-state index contributed by atoms with van der Waals surface area (Å²) in [7, 11) is 1.05. The van der Waals surface area contributed by atoms with Gasteiger partial charge < -0.3 is 9.64 Å². The van der Waals surface area contributed by atoms with Gasteiger partial charge >= 0.3 is 12.1 Å². The van der Waals surface area contributed by atoms with Crippen molar-refractivity contribution in [1.82, 2.24) is 4.98 Å². The molecule has 0 bridgehead atoms. The second-order valence-corrected chi connectivity index (χ2v) is 5.22. The van der Waals surface area contributed by atoms with Gasteiger partial charge in [-0.1, -0.05) is 0 Å². The fraction of sp³-hybridized carbons (Fsp3) is 0.538. The molecule has 1 saturated heterocycles. The third kappa shape index (κ3) is 2.21. The van der Waals surface area contributed by atoms with Crippen molar-refractivity contribution in [3.63, 3.8) is 0 Å². The van der Waals surface area contributed by atoms with Crippen molar-refractivity contribution in [1.29, 1.82) is 0 Å². The zero-order chi connectivity index (χ0) is 14.5. The number of carbonyl (C=O) groups is 1. The minimum absolute atomic E-state index is 0.275. The number of ether oxygens (including phenoxy) is 1. The van der Waals surface area contributed by atoms with E-state index in [9.17, 15) is 18.0 Å². The Bertz CT molecular complexity index is 549. The topological polar surface area (TPSA) is 42.4 Å². The van der Waals surface area contributed by atoms with Gasteiger partial charge in [-0.05, 0) is 30.4 Å². The molecule has 0 spiro atoms. The largest absolute Gasteiger partial charge is 0.465 e. The number of nitrogens with zero attached hydrogens (tertiary/aromatic N) is 2. The summed E-state index contributed by atoms with van der Waals surface area (Å²) in [6.45, 7) is 1.49. The summed E-state index contributed by atoms with van der Waals surface area (Å²) in [5.41, 5.74) is -1.73. The third-order valence-electron chi connectivity index (χ3n) is 3.86. The zero-order valence-corrected chi connectivity index (χ0v) is 10.8. The van der Waals surface area contributed by atoms with E-state index in [1.54, 1.807) is 0 Å². The predicted molar refractivity (Wildman–Crippen MR) is 64.4 cm³/mol. The summed E-state index contributed by atoms with van der Waals surface area (Å²) in [6.07, 6.45) is -3.52. The van der Waals surface area contributed by atoms with Crippen LogP contribution in [0.25, 0.3) is 0 Å². The smallest absolute Gasteiger partial charge is 0.434 e. The van der Waals surface area contributed by atoms with Gasteiger partial charge in [0.05, 0.1) is 12.7 Å². The summed E-state index contributed by atoms with van der Waals surface area (Å²) >= 11 is 0. The second kappa shape index (κ2) is 4.36. The van der Waals surface area contributed by atoms with E-state index in [2.05, 4.69) is 9.72 Å². The Labute approximate surface area is 113 Å². The van der Waals surface area contributed by atoms with Crippen LogP contribution in [-0.2, 0) is 10.9 Å². The lowest BCUT2D eigenvalue weighted by Crippen LogP contribution is -2.25. The normalized spacial score (nSPS) is 24.5. The number of esters is 1. The number of aromatic nitrogens is 1. The van der Waals surface area contributed by atoms with Crippen molar-refractivity contribution in [2.24, 2.45) is 11.8 Å². The summed E-state index contributed by atoms with van der Waals surface area (Å²) in [6, 6.07) is 2.59. The third-order valence-corrected chi connectivity index (χ3v) is 3.86. The predicted octanol–water partition coefficient (Wildman–Crippen LogP) is 2.34. The Morgan fingerprint density at radius 2 is 2.00 bits per heavy atom. The van der Waals surface area contributed by atoms with E-state index in [0.29, 0.717) is 11.8 Å². The maximum atomic E-state index is 13.0. The van der Waals surface area contributed by atoms with E-state index in [4.69, 9.17) is 0 Å². The Morgan fingerprint density at radius 1 is 1.35 bits per heavy atom. The highest BCUT2D eigenvalue weighted by molar-refractivity contribution is 5.91. The van der Waals surface area contributed by atoms with Crippen molar-refractivity contribution in [3.05, 3.63) is 23.4 Å². The zero-order valence-electron chi connectivity index (χ0n) is 10.8. The van der Waals surface area contributed by atoms with Gasteiger partial charge in [0, 0.05) is 13.1 Å². The van der Waals surface area contributed by atoms with E-state index in [1.807, 2.05) is 4.90 Å². The summed E-state index contributed by atoms with van der Waals surface area (Å²) in [4.78, 5) is 16.9. The molecular weight excluding hydrogens is 273 g/mol. The molecule has 1 aliphatic heterocycles. The van der Waals surface area contributed by atoms with Crippen LogP contribution < -0.4 is 4.90 Å². The summed E-state index contributed by atoms with van der Waals surface area (Å²) in [5.74, 6) is 0.427. The molecule has 0 aromatic carbocycles. The van der Waals surface area contributed by atoms with Gasteiger partial charge in [-0.3, -0.25) is 0 Å². The number of hydrogen-bond donors (Lipinski definition) is 0. The lowest BCUT2D eigenvalue weighted by atomic mass is 10.2. The lowest BCUT2D eigenvalue weighted by Gasteiger charge is -2.21. The molecule has 3 rings (SSSR count). The fourth-order valence-electron chi connectivity index (χ4n) is 2.70. The van der Waals surface area contributed by atoms with Crippen LogP contribution >= 0.6 is 0 Å². The molecule has 1 saturated carbocycles. The first kappa shape index (κ1) is 13.2. The van der Waals surface area contributed by atoms with E-state index in [0.717, 1.165) is 32.7 Å². The van der Waals surface area contributed by atoms with Gasteiger partial charge in [-0.25, -0.2) is 9.78 Å². The fourth-order valence-corrected chi connectivity index (χ4v) is 2.70. The van der Waals surface area contributed by atoms with Crippen LogP contribution in [0.1, 0.15) is 22.5 Å². The Balaban J connectivity index is 1.96. The SMILES string of the molecule is COC(=O)c1ccc(N2CC3CC3C2)nc1C(F)(F)F. The highest BCUT2D eigenvalue weighted by Gasteiger charge is 2.46. The number of piperidine rings is 1. The summed E-state index contributed by atoms with van der Waals surface area (Å²) < 4.78 is 43.4. The van der Waals surface area contributed by atoms with E-state index < -0.39 is 23.4 Å². The number of fused-ring (bicyclic) bond motifs is 1. The minimum Gasteiger partial charge on any atom is -0.465 e. The standard InChI is InChI=1S/C13H13F3N2O2/c1-20-12(19)9-2-3-10(17-11(9)13(14,15)16)18-5-7-4-8(7)6-18/h2-3,7-8H,4-6H2,1H3. The molecule has 2 heterocycles. The molecule has 0 N–H and O–H groups in total. The molecule has 1 aromatic rings. The number of carbonyl (C=O) groups excluding carboxylic acids is 1. The van der Waals surface area contributed by atoms with Gasteiger partial charge in [0.25, 0.3) is 0 Å². The van der Waals surface area contributed by atoms with Crippen molar-refractivity contribution in [2.75, 3.05) is 25.1 Å². The average Bonchev–Trinajstić information content (AvgIpc) is 3.02. The monoisotopic (exact) mass is 286 g/mol. The number of halogens is 3. The maximum absolute atomic E-state index is 13.0. The van der Waals surface area contributed by atoms with Crippen molar-refractivity contribution >= 4 is 11.8 Å². The molecule has 4 nitrogen and oxygen atoms in total. The van der Waals surface area contributed by atoms with E-state index in [-0.39, 0.29) is 5.82 Å². The van der Waals surface area contributed by atoms with E-state index >= 15 is 0 Å². The maximum Gasteiger partial charge on any atom is 0.434 e. The van der Waals surface area contributed by atoms with Crippen LogP contribution in [0.3, 0.4) is 0 Å². The number of rotatable bonds is 2. The first-order valence-corrected chi connectivity index (χ1v) is 6.31. The molecule has 0 amide bonds. The Hall–Kier alpha value is -1.79. The van der Waals surface area contributed by atoms with Crippen molar-refractivity contribution < 1.29 is 22.7 Å². The lowest BCUT2D eigenvalue weighted by molar-refractivity contribution is -0.141. The molecule has 1 aromatic heterocycles. The number of methoxy groups -OCH3 is 1. The summed E-state index contributed by atoms with van der Waals surface area (Å²) in [5, 5.41) is 0. The molecule has 2 fully saturated rings. The Kier molecular flexibility index (Phi) is 2.88. The van der Waals surface area contributed by atoms with Crippen LogP contribution in [0.5, 0.6) is 0 Å². The van der Waals surface area contributed by atoms with Gasteiger partial charge in [0.15, 0.2) is 5.69 Å². The highest BCUT2D eigenvalue weighted by atomic mass is 19.4. The highest BCUT2D eigenvalue weighted by Crippen LogP contribution is 2.46. The van der Waals surface area contributed by atoms with Crippen LogP contribution in [0, 0.1) is 11.8 Å². The first-order valence-electron chi connectivity index (χ1n) is 6.31.